The Hall–Kier alpha value is -1.70. The van der Waals surface area contributed by atoms with Crippen LogP contribution in [0.3, 0.4) is 0 Å². The summed E-state index contributed by atoms with van der Waals surface area (Å²) < 4.78 is 9.71. The zero-order valence-corrected chi connectivity index (χ0v) is 11.4. The van der Waals surface area contributed by atoms with Gasteiger partial charge >= 0.3 is 5.97 Å². The lowest BCUT2D eigenvalue weighted by Gasteiger charge is -2.06. The number of fused-ring (bicyclic) bond motifs is 1. The van der Waals surface area contributed by atoms with E-state index in [2.05, 4.69) is 13.7 Å². The third-order valence-electron chi connectivity index (χ3n) is 2.48. The highest BCUT2D eigenvalue weighted by Gasteiger charge is 2.17. The third-order valence-corrected chi connectivity index (χ3v) is 3.58. The minimum absolute atomic E-state index is 0.0812. The first-order valence-electron chi connectivity index (χ1n) is 4.96. The predicted molar refractivity (Wildman–Crippen MR) is 71.5 cm³/mol. The molecule has 0 saturated carbocycles. The summed E-state index contributed by atoms with van der Waals surface area (Å²) in [4.78, 5) is 14.6. The second-order valence-electron chi connectivity index (χ2n) is 3.62. The van der Waals surface area contributed by atoms with E-state index in [0.717, 1.165) is 11.7 Å². The van der Waals surface area contributed by atoms with Gasteiger partial charge in [-0.25, -0.2) is 9.78 Å². The molecule has 0 aliphatic rings. The van der Waals surface area contributed by atoms with Gasteiger partial charge < -0.3 is 9.67 Å². The zero-order chi connectivity index (χ0) is 13.6. The van der Waals surface area contributed by atoms with E-state index in [1.165, 1.54) is 17.1 Å². The number of aromatic carboxylic acids is 1. The van der Waals surface area contributed by atoms with Crippen molar-refractivity contribution in [2.75, 3.05) is 0 Å². The first kappa shape index (κ1) is 12.3. The number of carboxylic acid groups (broad SMARTS) is 1. The predicted octanol–water partition coefficient (Wildman–Crippen LogP) is 2.88. The third kappa shape index (κ3) is 1.95. The molecule has 96 valence electrons. The Kier molecular flexibility index (Phi) is 2.89. The molecular formula is C10H4Cl2N4O2S. The SMILES string of the molecule is O=C(O)c1cn(-c2c(Cl)cc(Cl)c3nsnc23)cn1. The Morgan fingerprint density at radius 1 is 1.26 bits per heavy atom. The summed E-state index contributed by atoms with van der Waals surface area (Å²) in [5.41, 5.74) is 1.46. The van der Waals surface area contributed by atoms with Gasteiger partial charge in [-0.05, 0) is 6.07 Å². The highest BCUT2D eigenvalue weighted by molar-refractivity contribution is 7.00. The van der Waals surface area contributed by atoms with E-state index in [1.54, 1.807) is 6.07 Å². The number of nitrogens with zero attached hydrogens (tertiary/aromatic N) is 4. The molecule has 0 radical (unpaired) electrons. The molecule has 0 aliphatic carbocycles. The molecule has 1 aromatic carbocycles. The van der Waals surface area contributed by atoms with Crippen molar-refractivity contribution < 1.29 is 9.90 Å². The van der Waals surface area contributed by atoms with Crippen molar-refractivity contribution >= 4 is 51.9 Å². The minimum atomic E-state index is -1.11. The van der Waals surface area contributed by atoms with Gasteiger partial charge in [0, 0.05) is 6.20 Å². The van der Waals surface area contributed by atoms with E-state index in [9.17, 15) is 4.79 Å². The second-order valence-corrected chi connectivity index (χ2v) is 4.96. The first-order valence-corrected chi connectivity index (χ1v) is 6.44. The maximum Gasteiger partial charge on any atom is 0.356 e. The van der Waals surface area contributed by atoms with Crippen molar-refractivity contribution in [2.45, 2.75) is 0 Å². The van der Waals surface area contributed by atoms with Crippen LogP contribution >= 0.6 is 34.9 Å². The van der Waals surface area contributed by atoms with Gasteiger partial charge in [0.2, 0.25) is 0 Å². The summed E-state index contributed by atoms with van der Waals surface area (Å²) in [6.45, 7) is 0. The molecule has 1 N–H and O–H groups in total. The second kappa shape index (κ2) is 4.44. The largest absolute Gasteiger partial charge is 0.476 e. The van der Waals surface area contributed by atoms with Gasteiger partial charge in [0.15, 0.2) is 5.69 Å². The quantitative estimate of drug-likeness (QED) is 0.786. The fraction of sp³-hybridized carbons (Fsp3) is 0. The summed E-state index contributed by atoms with van der Waals surface area (Å²) in [7, 11) is 0. The van der Waals surface area contributed by atoms with Crippen LogP contribution in [-0.4, -0.2) is 29.4 Å². The normalized spacial score (nSPS) is 11.1. The van der Waals surface area contributed by atoms with Crippen LogP contribution in [-0.2, 0) is 0 Å². The molecule has 0 amide bonds. The number of carboxylic acids is 1. The highest BCUT2D eigenvalue weighted by Crippen LogP contribution is 2.33. The molecule has 3 aromatic rings. The van der Waals surface area contributed by atoms with Crippen LogP contribution in [0.4, 0.5) is 0 Å². The number of imidazole rings is 1. The van der Waals surface area contributed by atoms with Gasteiger partial charge in [0.05, 0.1) is 27.5 Å². The Balaban J connectivity index is 2.29. The van der Waals surface area contributed by atoms with Gasteiger partial charge in [0.1, 0.15) is 17.4 Å². The van der Waals surface area contributed by atoms with Gasteiger partial charge in [-0.1, -0.05) is 23.2 Å². The van der Waals surface area contributed by atoms with E-state index in [0.29, 0.717) is 26.8 Å². The summed E-state index contributed by atoms with van der Waals surface area (Å²) in [5.74, 6) is -1.11. The highest BCUT2D eigenvalue weighted by atomic mass is 35.5. The van der Waals surface area contributed by atoms with Crippen LogP contribution < -0.4 is 0 Å². The fourth-order valence-electron chi connectivity index (χ4n) is 1.66. The van der Waals surface area contributed by atoms with Gasteiger partial charge in [-0.15, -0.1) is 0 Å². The molecule has 0 bridgehead atoms. The lowest BCUT2D eigenvalue weighted by atomic mass is 10.2. The van der Waals surface area contributed by atoms with Crippen LogP contribution in [0.1, 0.15) is 10.5 Å². The molecule has 0 saturated heterocycles. The van der Waals surface area contributed by atoms with Crippen LogP contribution in [0.2, 0.25) is 10.0 Å². The van der Waals surface area contributed by atoms with Crippen LogP contribution in [0.15, 0.2) is 18.6 Å². The number of hydrogen-bond donors (Lipinski definition) is 1. The number of aromatic nitrogens is 4. The van der Waals surface area contributed by atoms with Crippen LogP contribution in [0, 0.1) is 0 Å². The Morgan fingerprint density at radius 3 is 2.68 bits per heavy atom. The molecule has 0 spiro atoms. The average Bonchev–Trinajstić information content (AvgIpc) is 2.97. The van der Waals surface area contributed by atoms with Crippen molar-refractivity contribution in [3.8, 4) is 5.69 Å². The molecule has 0 atom stereocenters. The summed E-state index contributed by atoms with van der Waals surface area (Å²) in [6, 6.07) is 1.54. The van der Waals surface area contributed by atoms with Gasteiger partial charge in [0.25, 0.3) is 0 Å². The molecule has 6 nitrogen and oxygen atoms in total. The van der Waals surface area contributed by atoms with Crippen molar-refractivity contribution in [1.29, 1.82) is 0 Å². The first-order chi connectivity index (χ1) is 9.08. The van der Waals surface area contributed by atoms with Crippen molar-refractivity contribution in [2.24, 2.45) is 0 Å². The Bertz CT molecular complexity index is 798. The average molecular weight is 315 g/mol. The molecule has 19 heavy (non-hydrogen) atoms. The zero-order valence-electron chi connectivity index (χ0n) is 9.04. The molecule has 3 rings (SSSR count). The number of halogens is 2. The minimum Gasteiger partial charge on any atom is -0.476 e. The molecule has 0 unspecified atom stereocenters. The van der Waals surface area contributed by atoms with E-state index in [4.69, 9.17) is 28.3 Å². The van der Waals surface area contributed by atoms with Gasteiger partial charge in [-0.2, -0.15) is 8.75 Å². The smallest absolute Gasteiger partial charge is 0.356 e. The lowest BCUT2D eigenvalue weighted by molar-refractivity contribution is 0.0691. The summed E-state index contributed by atoms with van der Waals surface area (Å²) in [6.07, 6.45) is 2.72. The van der Waals surface area contributed by atoms with E-state index < -0.39 is 5.97 Å². The molecule has 2 aromatic heterocycles. The monoisotopic (exact) mass is 314 g/mol. The molecule has 0 aliphatic heterocycles. The standard InChI is InChI=1S/C10H4Cl2N4O2S/c11-4-1-5(12)9(8-7(4)14-19-15-8)16-2-6(10(17)18)13-3-16/h1-3H,(H,17,18). The number of rotatable bonds is 2. The molecule has 2 heterocycles. The fourth-order valence-corrected chi connectivity index (χ4v) is 2.87. The van der Waals surface area contributed by atoms with Crippen LogP contribution in [0.5, 0.6) is 0 Å². The Labute approximate surface area is 120 Å². The number of hydrogen-bond acceptors (Lipinski definition) is 5. The molecular weight excluding hydrogens is 311 g/mol. The summed E-state index contributed by atoms with van der Waals surface area (Å²) in [5, 5.41) is 9.62. The molecule has 0 fully saturated rings. The summed E-state index contributed by atoms with van der Waals surface area (Å²) >= 11 is 13.2. The maximum atomic E-state index is 10.8. The Morgan fingerprint density at radius 2 is 2.00 bits per heavy atom. The number of carbonyl (C=O) groups is 1. The van der Waals surface area contributed by atoms with Crippen molar-refractivity contribution in [3.63, 3.8) is 0 Å². The van der Waals surface area contributed by atoms with E-state index >= 15 is 0 Å². The van der Waals surface area contributed by atoms with Gasteiger partial charge in [-0.3, -0.25) is 0 Å². The van der Waals surface area contributed by atoms with E-state index in [1.807, 2.05) is 0 Å². The van der Waals surface area contributed by atoms with Crippen molar-refractivity contribution in [1.82, 2.24) is 18.3 Å². The maximum absolute atomic E-state index is 10.8. The molecule has 9 heteroatoms. The lowest BCUT2D eigenvalue weighted by Crippen LogP contribution is -1.97. The van der Waals surface area contributed by atoms with Crippen molar-refractivity contribution in [3.05, 3.63) is 34.3 Å². The number of benzene rings is 1. The van der Waals surface area contributed by atoms with E-state index in [-0.39, 0.29) is 5.69 Å². The van der Waals surface area contributed by atoms with Crippen LogP contribution in [0.25, 0.3) is 16.7 Å². The topological polar surface area (TPSA) is 80.9 Å².